The molecule has 0 spiro atoms. The van der Waals surface area contributed by atoms with Crippen LogP contribution in [0.5, 0.6) is 0 Å². The number of rotatable bonds is 0. The van der Waals surface area contributed by atoms with Gasteiger partial charge >= 0.3 is 0 Å². The van der Waals surface area contributed by atoms with Gasteiger partial charge in [-0.2, -0.15) is 0 Å². The van der Waals surface area contributed by atoms with E-state index in [-0.39, 0.29) is 22.3 Å². The first kappa shape index (κ1) is 20.8. The molecule has 2 rings (SSSR count). The average molecular weight is 232 g/mol. The molecule has 0 atom stereocenters. The van der Waals surface area contributed by atoms with E-state index in [2.05, 4.69) is 38.1 Å². The second-order valence-corrected chi connectivity index (χ2v) is 3.31. The topological polar surface area (TPSA) is 0 Å². The highest BCUT2D eigenvalue weighted by Crippen LogP contribution is 1.92. The molecule has 0 aliphatic heterocycles. The lowest BCUT2D eigenvalue weighted by Gasteiger charge is -1.82. The van der Waals surface area contributed by atoms with Gasteiger partial charge in [-0.3, -0.25) is 0 Å². The Kier molecular flexibility index (Phi) is 15.3. The van der Waals surface area contributed by atoms with Crippen LogP contribution >= 0.6 is 0 Å². The number of hydrogen-bond donors (Lipinski definition) is 0. The lowest BCUT2D eigenvalue weighted by molar-refractivity contribution is 1.48. The summed E-state index contributed by atoms with van der Waals surface area (Å²) >= 11 is 0. The van der Waals surface area contributed by atoms with E-state index in [0.29, 0.717) is 0 Å². The molecular weight excluding hydrogens is 204 g/mol. The normalized spacial score (nSPS) is 7.18. The fourth-order valence-corrected chi connectivity index (χ4v) is 1.07. The smallest absolute Gasteiger partial charge is 0.0398 e. The summed E-state index contributed by atoms with van der Waals surface area (Å²) in [6.07, 6.45) is 0. The minimum absolute atomic E-state index is 0. The van der Waals surface area contributed by atoms with Crippen LogP contribution in [0, 0.1) is 13.8 Å². The molecule has 0 aromatic heterocycles. The van der Waals surface area contributed by atoms with Crippen LogP contribution in [-0.2, 0) is 0 Å². The van der Waals surface area contributed by atoms with Crippen LogP contribution in [-0.4, -0.2) is 0 Å². The average Bonchev–Trinajstić information content (AvgIpc) is 2.21. The SMILES string of the molecule is C.C.C.Cc1ccccc1.Cc1ccccc1. The predicted octanol–water partition coefficient (Wildman–Crippen LogP) is 5.90. The van der Waals surface area contributed by atoms with Gasteiger partial charge < -0.3 is 0 Å². The lowest BCUT2D eigenvalue weighted by Crippen LogP contribution is -1.62. The Morgan fingerprint density at radius 3 is 0.824 bits per heavy atom. The van der Waals surface area contributed by atoms with Crippen molar-refractivity contribution in [1.29, 1.82) is 0 Å². The maximum Gasteiger partial charge on any atom is -0.0398 e. The Morgan fingerprint density at radius 1 is 0.471 bits per heavy atom. The van der Waals surface area contributed by atoms with E-state index in [1.807, 2.05) is 36.4 Å². The molecular formula is C17H28. The highest BCUT2D eigenvalue weighted by molar-refractivity contribution is 5.12. The maximum atomic E-state index is 2.08. The van der Waals surface area contributed by atoms with Gasteiger partial charge in [-0.05, 0) is 13.8 Å². The largest absolute Gasteiger partial charge is 0.0776 e. The van der Waals surface area contributed by atoms with E-state index in [1.165, 1.54) is 11.1 Å². The molecule has 0 saturated heterocycles. The molecule has 0 unspecified atom stereocenters. The highest BCUT2D eigenvalue weighted by Gasteiger charge is 1.72. The Morgan fingerprint density at radius 2 is 0.706 bits per heavy atom. The third-order valence-electron chi connectivity index (χ3n) is 1.88. The van der Waals surface area contributed by atoms with Crippen LogP contribution in [0.25, 0.3) is 0 Å². The summed E-state index contributed by atoms with van der Waals surface area (Å²) < 4.78 is 0. The van der Waals surface area contributed by atoms with E-state index in [4.69, 9.17) is 0 Å². The van der Waals surface area contributed by atoms with Crippen LogP contribution in [0.15, 0.2) is 60.7 Å². The van der Waals surface area contributed by atoms with Crippen molar-refractivity contribution in [1.82, 2.24) is 0 Å². The molecule has 17 heavy (non-hydrogen) atoms. The molecule has 2 aromatic rings. The maximum absolute atomic E-state index is 2.08. The van der Waals surface area contributed by atoms with Gasteiger partial charge in [0.1, 0.15) is 0 Å². The van der Waals surface area contributed by atoms with E-state index in [1.54, 1.807) is 0 Å². The Hall–Kier alpha value is -1.56. The standard InChI is InChI=1S/2C7H8.3CH4/c2*1-7-5-3-2-4-6-7;;;/h2*2-6H,1H3;3*1H4. The van der Waals surface area contributed by atoms with Crippen LogP contribution in [0.3, 0.4) is 0 Å². The molecule has 0 amide bonds. The molecule has 0 aliphatic rings. The van der Waals surface area contributed by atoms with Crippen molar-refractivity contribution in [2.24, 2.45) is 0 Å². The van der Waals surface area contributed by atoms with Gasteiger partial charge in [0.05, 0.1) is 0 Å². The number of aryl methyl sites for hydroxylation is 2. The van der Waals surface area contributed by atoms with Gasteiger partial charge in [0.2, 0.25) is 0 Å². The highest BCUT2D eigenvalue weighted by atomic mass is 13.8. The molecule has 0 nitrogen and oxygen atoms in total. The summed E-state index contributed by atoms with van der Waals surface area (Å²) in [7, 11) is 0. The van der Waals surface area contributed by atoms with Crippen molar-refractivity contribution >= 4 is 0 Å². The molecule has 0 bridgehead atoms. The van der Waals surface area contributed by atoms with Crippen LogP contribution < -0.4 is 0 Å². The van der Waals surface area contributed by atoms with E-state index in [9.17, 15) is 0 Å². The molecule has 96 valence electrons. The van der Waals surface area contributed by atoms with Crippen molar-refractivity contribution in [2.75, 3.05) is 0 Å². The minimum Gasteiger partial charge on any atom is -0.0776 e. The number of benzene rings is 2. The van der Waals surface area contributed by atoms with Crippen LogP contribution in [0.4, 0.5) is 0 Å². The Bertz CT molecular complexity index is 297. The second-order valence-electron chi connectivity index (χ2n) is 3.31. The summed E-state index contributed by atoms with van der Waals surface area (Å²) in [6.45, 7) is 4.17. The number of hydrogen-bond acceptors (Lipinski definition) is 0. The zero-order valence-corrected chi connectivity index (χ0v) is 8.77. The third-order valence-corrected chi connectivity index (χ3v) is 1.88. The molecule has 0 N–H and O–H groups in total. The first-order valence-electron chi connectivity index (χ1n) is 4.82. The van der Waals surface area contributed by atoms with Crippen LogP contribution in [0.1, 0.15) is 33.4 Å². The fourth-order valence-electron chi connectivity index (χ4n) is 1.07. The summed E-state index contributed by atoms with van der Waals surface area (Å²) in [6, 6.07) is 20.5. The predicted molar refractivity (Wildman–Crippen MR) is 82.6 cm³/mol. The molecule has 0 heterocycles. The van der Waals surface area contributed by atoms with Gasteiger partial charge in [0, 0.05) is 0 Å². The van der Waals surface area contributed by atoms with Gasteiger partial charge in [0.15, 0.2) is 0 Å². The van der Waals surface area contributed by atoms with E-state index >= 15 is 0 Å². The quantitative estimate of drug-likeness (QED) is 0.530. The van der Waals surface area contributed by atoms with Gasteiger partial charge in [0.25, 0.3) is 0 Å². The van der Waals surface area contributed by atoms with E-state index in [0.717, 1.165) is 0 Å². The third kappa shape index (κ3) is 10.7. The molecule has 0 saturated carbocycles. The monoisotopic (exact) mass is 232 g/mol. The molecule has 0 heteroatoms. The minimum atomic E-state index is 0. The van der Waals surface area contributed by atoms with Gasteiger partial charge in [-0.25, -0.2) is 0 Å². The van der Waals surface area contributed by atoms with Crippen LogP contribution in [0.2, 0.25) is 0 Å². The first-order valence-corrected chi connectivity index (χ1v) is 4.82. The Balaban J connectivity index is -0.000000196. The van der Waals surface area contributed by atoms with Crippen molar-refractivity contribution in [3.8, 4) is 0 Å². The zero-order chi connectivity index (χ0) is 10.2. The molecule has 0 fully saturated rings. The summed E-state index contributed by atoms with van der Waals surface area (Å²) in [4.78, 5) is 0. The molecule has 2 aromatic carbocycles. The first-order chi connectivity index (χ1) is 6.79. The zero-order valence-electron chi connectivity index (χ0n) is 8.77. The van der Waals surface area contributed by atoms with Crippen molar-refractivity contribution < 1.29 is 0 Å². The van der Waals surface area contributed by atoms with Crippen molar-refractivity contribution in [2.45, 2.75) is 36.1 Å². The summed E-state index contributed by atoms with van der Waals surface area (Å²) in [5.74, 6) is 0. The second kappa shape index (κ2) is 12.5. The van der Waals surface area contributed by atoms with Gasteiger partial charge in [-0.15, -0.1) is 0 Å². The van der Waals surface area contributed by atoms with Crippen molar-refractivity contribution in [3.05, 3.63) is 71.8 Å². The fraction of sp³-hybridized carbons (Fsp3) is 0.294. The van der Waals surface area contributed by atoms with Crippen molar-refractivity contribution in [3.63, 3.8) is 0 Å². The molecule has 0 radical (unpaired) electrons. The Labute approximate surface area is 108 Å². The molecule has 0 aliphatic carbocycles. The van der Waals surface area contributed by atoms with Gasteiger partial charge in [-0.1, -0.05) is 94.1 Å². The summed E-state index contributed by atoms with van der Waals surface area (Å²) in [5, 5.41) is 0. The summed E-state index contributed by atoms with van der Waals surface area (Å²) in [5.41, 5.74) is 2.64. The lowest BCUT2D eigenvalue weighted by atomic mass is 10.2. The van der Waals surface area contributed by atoms with E-state index < -0.39 is 0 Å².